The Hall–Kier alpha value is -0.670. The molecule has 0 heterocycles. The van der Waals surface area contributed by atoms with Gasteiger partial charge in [-0.05, 0) is 81.5 Å². The topological polar surface area (TPSA) is 46.5 Å². The number of allylic oxidation sites excluding steroid dienone is 1. The van der Waals surface area contributed by atoms with Crippen molar-refractivity contribution in [1.29, 1.82) is 0 Å². The molecule has 0 aliphatic heterocycles. The predicted octanol–water partition coefficient (Wildman–Crippen LogP) is 4.28. The number of aliphatic hydroxyl groups excluding tert-OH is 1. The van der Waals surface area contributed by atoms with Crippen molar-refractivity contribution in [3.8, 4) is 0 Å². The van der Waals surface area contributed by atoms with Crippen LogP contribution in [-0.2, 0) is 9.53 Å². The highest BCUT2D eigenvalue weighted by Crippen LogP contribution is 2.67. The predicted molar refractivity (Wildman–Crippen MR) is 98.1 cm³/mol. The molecule has 3 nitrogen and oxygen atoms in total. The molecular weight excluding hydrogens is 312 g/mol. The summed E-state index contributed by atoms with van der Waals surface area (Å²) in [5, 5.41) is 10.1. The Morgan fingerprint density at radius 3 is 2.56 bits per heavy atom. The minimum atomic E-state index is -0.573. The van der Waals surface area contributed by atoms with Gasteiger partial charge in [0.05, 0.1) is 6.10 Å². The van der Waals surface area contributed by atoms with Gasteiger partial charge in [-0.15, -0.1) is 0 Å². The smallest absolute Gasteiger partial charge is 0.162 e. The number of methoxy groups -OCH3 is 1. The molecule has 0 radical (unpaired) electrons. The van der Waals surface area contributed by atoms with E-state index < -0.39 is 5.60 Å². The van der Waals surface area contributed by atoms with Gasteiger partial charge in [0.15, 0.2) is 5.78 Å². The lowest BCUT2D eigenvalue weighted by atomic mass is 9.46. The Labute approximate surface area is 152 Å². The van der Waals surface area contributed by atoms with Crippen molar-refractivity contribution >= 4 is 5.78 Å². The van der Waals surface area contributed by atoms with Gasteiger partial charge < -0.3 is 9.84 Å². The van der Waals surface area contributed by atoms with Gasteiger partial charge in [-0.2, -0.15) is 0 Å². The molecule has 25 heavy (non-hydrogen) atoms. The maximum atomic E-state index is 12.6. The van der Waals surface area contributed by atoms with Crippen molar-refractivity contribution in [2.75, 3.05) is 7.11 Å². The fourth-order valence-corrected chi connectivity index (χ4v) is 7.70. The second-order valence-electron chi connectivity index (χ2n) is 9.74. The molecule has 0 aromatic rings. The minimum absolute atomic E-state index is 0.0232. The third-order valence-electron chi connectivity index (χ3n) is 9.11. The second-order valence-corrected chi connectivity index (χ2v) is 9.74. The van der Waals surface area contributed by atoms with Crippen molar-refractivity contribution in [3.05, 3.63) is 11.6 Å². The Kier molecular flexibility index (Phi) is 4.01. The lowest BCUT2D eigenvalue weighted by Gasteiger charge is -2.59. The fraction of sp³-hybridized carbons (Fsp3) is 0.864. The number of fused-ring (bicyclic) bond motifs is 5. The molecule has 4 aliphatic carbocycles. The van der Waals surface area contributed by atoms with E-state index in [1.807, 2.05) is 0 Å². The van der Waals surface area contributed by atoms with Gasteiger partial charge in [0, 0.05) is 12.5 Å². The van der Waals surface area contributed by atoms with Crippen LogP contribution in [0, 0.1) is 28.6 Å². The third-order valence-corrected chi connectivity index (χ3v) is 9.11. The summed E-state index contributed by atoms with van der Waals surface area (Å²) in [4.78, 5) is 12.6. The maximum Gasteiger partial charge on any atom is 0.162 e. The van der Waals surface area contributed by atoms with Crippen LogP contribution in [0.3, 0.4) is 0 Å². The number of aliphatic hydroxyl groups is 1. The number of rotatable bonds is 2. The molecule has 0 aromatic heterocycles. The zero-order chi connectivity index (χ0) is 18.0. The average Bonchev–Trinajstić information content (AvgIpc) is 2.89. The van der Waals surface area contributed by atoms with Crippen LogP contribution in [0.2, 0.25) is 0 Å². The van der Waals surface area contributed by atoms with Crippen molar-refractivity contribution in [2.45, 2.75) is 83.8 Å². The molecule has 3 saturated carbocycles. The second kappa shape index (κ2) is 5.66. The molecule has 4 aliphatic rings. The molecule has 0 aromatic carbocycles. The van der Waals surface area contributed by atoms with E-state index in [-0.39, 0.29) is 22.7 Å². The normalized spacial score (nSPS) is 52.0. The van der Waals surface area contributed by atoms with Gasteiger partial charge in [-0.3, -0.25) is 4.79 Å². The van der Waals surface area contributed by atoms with Crippen molar-refractivity contribution in [3.63, 3.8) is 0 Å². The first-order valence-electron chi connectivity index (χ1n) is 10.2. The van der Waals surface area contributed by atoms with E-state index in [9.17, 15) is 9.90 Å². The number of carbonyl (C=O) groups excluding carboxylic acids is 1. The van der Waals surface area contributed by atoms with Gasteiger partial charge in [0.25, 0.3) is 0 Å². The number of ketones is 1. The zero-order valence-corrected chi connectivity index (χ0v) is 16.3. The van der Waals surface area contributed by atoms with Crippen LogP contribution in [0.25, 0.3) is 0 Å². The van der Waals surface area contributed by atoms with Crippen LogP contribution in [0.5, 0.6) is 0 Å². The van der Waals surface area contributed by atoms with Crippen molar-refractivity contribution in [2.24, 2.45) is 28.6 Å². The average molecular weight is 347 g/mol. The molecule has 0 saturated heterocycles. The van der Waals surface area contributed by atoms with E-state index in [4.69, 9.17) is 4.74 Å². The molecule has 3 heteroatoms. The van der Waals surface area contributed by atoms with Gasteiger partial charge in [-0.25, -0.2) is 0 Å². The first-order chi connectivity index (χ1) is 11.8. The summed E-state index contributed by atoms with van der Waals surface area (Å²) < 4.78 is 5.96. The lowest BCUT2D eigenvalue weighted by Crippen LogP contribution is -2.57. The number of carbonyl (C=O) groups is 1. The van der Waals surface area contributed by atoms with Gasteiger partial charge in [-0.1, -0.05) is 25.5 Å². The van der Waals surface area contributed by atoms with E-state index in [1.165, 1.54) is 12.0 Å². The van der Waals surface area contributed by atoms with E-state index >= 15 is 0 Å². The van der Waals surface area contributed by atoms with Crippen molar-refractivity contribution in [1.82, 2.24) is 0 Å². The maximum absolute atomic E-state index is 12.6. The molecule has 140 valence electrons. The molecular formula is C22H34O3. The quantitative estimate of drug-likeness (QED) is 0.759. The largest absolute Gasteiger partial charge is 0.393 e. The summed E-state index contributed by atoms with van der Waals surface area (Å²) in [7, 11) is 1.74. The first-order valence-corrected chi connectivity index (χ1v) is 10.2. The van der Waals surface area contributed by atoms with Gasteiger partial charge in [0.1, 0.15) is 5.60 Å². The Morgan fingerprint density at radius 1 is 1.16 bits per heavy atom. The minimum Gasteiger partial charge on any atom is -0.393 e. The summed E-state index contributed by atoms with van der Waals surface area (Å²) in [5.41, 5.74) is 1.18. The SMILES string of the molecule is CO[C@@]1(C(C)=O)CCC2C3CC=C4C[C@@H](O)CC[C@]4(C)C3CC[C@@]21C. The standard InChI is InChI=1S/C22H34O3/c1-14(23)22(25-4)12-9-19-17-6-5-15-13-16(24)7-10-20(15,2)18(17)8-11-21(19,22)3/h5,16-19,24H,6-13H2,1-4H3/t16-,17?,18?,19?,20-,21-,22+/m0/s1. The van der Waals surface area contributed by atoms with Crippen molar-refractivity contribution < 1.29 is 14.6 Å². The summed E-state index contributed by atoms with van der Waals surface area (Å²) in [6, 6.07) is 0. The third kappa shape index (κ3) is 2.15. The molecule has 0 amide bonds. The monoisotopic (exact) mass is 346 g/mol. The number of ether oxygens (including phenoxy) is 1. The van der Waals surface area contributed by atoms with E-state index in [2.05, 4.69) is 19.9 Å². The Morgan fingerprint density at radius 2 is 1.88 bits per heavy atom. The van der Waals surface area contributed by atoms with Crippen LogP contribution < -0.4 is 0 Å². The van der Waals surface area contributed by atoms with E-state index in [0.29, 0.717) is 17.8 Å². The number of hydrogen-bond acceptors (Lipinski definition) is 3. The Balaban J connectivity index is 1.70. The Bertz CT molecular complexity index is 610. The summed E-state index contributed by atoms with van der Waals surface area (Å²) in [6.45, 7) is 6.51. The zero-order valence-electron chi connectivity index (χ0n) is 16.3. The van der Waals surface area contributed by atoms with E-state index in [0.717, 1.165) is 44.9 Å². The summed E-state index contributed by atoms with van der Waals surface area (Å²) in [6.07, 6.45) is 10.7. The number of Topliss-reactive ketones (excluding diaryl/α,β-unsaturated/α-hetero) is 1. The van der Waals surface area contributed by atoms with Crippen LogP contribution in [0.15, 0.2) is 11.6 Å². The van der Waals surface area contributed by atoms with E-state index in [1.54, 1.807) is 14.0 Å². The van der Waals surface area contributed by atoms with Gasteiger partial charge in [0.2, 0.25) is 0 Å². The van der Waals surface area contributed by atoms with Crippen LogP contribution in [-0.4, -0.2) is 29.7 Å². The first kappa shape index (κ1) is 17.7. The summed E-state index contributed by atoms with van der Waals surface area (Å²) in [5.74, 6) is 2.17. The highest BCUT2D eigenvalue weighted by Gasteiger charge is 2.66. The molecule has 3 unspecified atom stereocenters. The molecule has 0 spiro atoms. The summed E-state index contributed by atoms with van der Waals surface area (Å²) >= 11 is 0. The van der Waals surface area contributed by atoms with Gasteiger partial charge >= 0.3 is 0 Å². The number of hydrogen-bond donors (Lipinski definition) is 1. The molecule has 4 rings (SSSR count). The fourth-order valence-electron chi connectivity index (χ4n) is 7.70. The molecule has 1 N–H and O–H groups in total. The molecule has 7 atom stereocenters. The van der Waals surface area contributed by atoms with Crippen LogP contribution in [0.4, 0.5) is 0 Å². The van der Waals surface area contributed by atoms with Crippen LogP contribution in [0.1, 0.15) is 72.1 Å². The molecule has 0 bridgehead atoms. The molecule has 3 fully saturated rings. The lowest BCUT2D eigenvalue weighted by molar-refractivity contribution is -0.167. The van der Waals surface area contributed by atoms with Crippen LogP contribution >= 0.6 is 0 Å². The highest BCUT2D eigenvalue weighted by atomic mass is 16.5. The highest BCUT2D eigenvalue weighted by molar-refractivity contribution is 5.86.